The van der Waals surface area contributed by atoms with Crippen LogP contribution in [0.5, 0.6) is 0 Å². The third-order valence-electron chi connectivity index (χ3n) is 10.7. The summed E-state index contributed by atoms with van der Waals surface area (Å²) < 4.78 is 5.26. The standard InChI is InChI=1S/C31H47N2/c1-3-32-21-33(4-2)31-29(27-18-10-14-23-12-6-8-16-25(23)27)20-19-28(30(31)32)26-17-9-13-22-11-5-7-15-24(22)26/h19-27H,3-18H2,1-2H3/q+1. The monoisotopic (exact) mass is 447 g/mol. The topological polar surface area (TPSA) is 8.81 Å². The van der Waals surface area contributed by atoms with Crippen LogP contribution in [0, 0.1) is 23.7 Å². The summed E-state index contributed by atoms with van der Waals surface area (Å²) in [5.74, 6) is 5.46. The van der Waals surface area contributed by atoms with Gasteiger partial charge in [-0.05, 0) is 75.0 Å². The molecule has 180 valence electrons. The minimum Gasteiger partial charge on any atom is -0.230 e. The Kier molecular flexibility index (Phi) is 6.31. The molecule has 0 bridgehead atoms. The highest BCUT2D eigenvalue weighted by Gasteiger charge is 2.41. The number of imidazole rings is 1. The molecule has 4 aliphatic carbocycles. The van der Waals surface area contributed by atoms with Gasteiger partial charge >= 0.3 is 0 Å². The van der Waals surface area contributed by atoms with E-state index in [0.717, 1.165) is 48.6 Å². The van der Waals surface area contributed by atoms with E-state index >= 15 is 0 Å². The molecule has 0 spiro atoms. The number of hydrogen-bond donors (Lipinski definition) is 0. The number of nitrogens with zero attached hydrogens (tertiary/aromatic N) is 2. The van der Waals surface area contributed by atoms with Crippen molar-refractivity contribution >= 4 is 11.0 Å². The van der Waals surface area contributed by atoms with Crippen LogP contribution in [0.15, 0.2) is 18.5 Å². The van der Waals surface area contributed by atoms with Gasteiger partial charge in [-0.2, -0.15) is 0 Å². The highest BCUT2D eigenvalue weighted by atomic mass is 15.1. The van der Waals surface area contributed by atoms with Crippen LogP contribution in [0.1, 0.15) is 127 Å². The third kappa shape index (κ3) is 3.79. The van der Waals surface area contributed by atoms with Gasteiger partial charge in [0, 0.05) is 11.1 Å². The molecule has 0 amide bonds. The molecule has 1 heterocycles. The van der Waals surface area contributed by atoms with E-state index in [1.54, 1.807) is 22.2 Å². The molecule has 33 heavy (non-hydrogen) atoms. The Morgan fingerprint density at radius 3 is 1.85 bits per heavy atom. The average molecular weight is 448 g/mol. The summed E-state index contributed by atoms with van der Waals surface area (Å²) >= 11 is 0. The van der Waals surface area contributed by atoms with Gasteiger partial charge in [0.2, 0.25) is 6.33 Å². The van der Waals surface area contributed by atoms with Crippen molar-refractivity contribution in [3.05, 3.63) is 29.6 Å². The molecule has 6 unspecified atom stereocenters. The number of fused-ring (bicyclic) bond motifs is 3. The van der Waals surface area contributed by atoms with Gasteiger partial charge in [0.25, 0.3) is 0 Å². The van der Waals surface area contributed by atoms with E-state index in [0.29, 0.717) is 0 Å². The molecule has 0 radical (unpaired) electrons. The second-order valence-electron chi connectivity index (χ2n) is 12.1. The predicted octanol–water partition coefficient (Wildman–Crippen LogP) is 8.12. The largest absolute Gasteiger partial charge is 0.244 e. The summed E-state index contributed by atoms with van der Waals surface area (Å²) in [5, 5.41) is 0. The minimum atomic E-state index is 0.792. The lowest BCUT2D eigenvalue weighted by Gasteiger charge is -2.42. The zero-order chi connectivity index (χ0) is 22.4. The lowest BCUT2D eigenvalue weighted by molar-refractivity contribution is -0.668. The maximum absolute atomic E-state index is 2.65. The summed E-state index contributed by atoms with van der Waals surface area (Å²) in [4.78, 5) is 0. The molecule has 0 saturated heterocycles. The van der Waals surface area contributed by atoms with E-state index in [1.165, 1.54) is 89.9 Å². The van der Waals surface area contributed by atoms with Gasteiger partial charge in [0.05, 0.1) is 13.1 Å². The molecule has 4 saturated carbocycles. The predicted molar refractivity (Wildman–Crippen MR) is 138 cm³/mol. The van der Waals surface area contributed by atoms with E-state index in [-0.39, 0.29) is 0 Å². The molecule has 2 heteroatoms. The van der Waals surface area contributed by atoms with Crippen molar-refractivity contribution in [1.82, 2.24) is 4.57 Å². The van der Waals surface area contributed by atoms with E-state index < -0.39 is 0 Å². The Balaban J connectivity index is 1.48. The molecule has 0 aliphatic heterocycles. The Hall–Kier alpha value is -1.31. The van der Waals surface area contributed by atoms with E-state index in [1.807, 2.05) is 0 Å². The van der Waals surface area contributed by atoms with E-state index in [9.17, 15) is 0 Å². The van der Waals surface area contributed by atoms with Crippen LogP contribution in [0.2, 0.25) is 0 Å². The average Bonchev–Trinajstić information content (AvgIpc) is 3.27. The zero-order valence-electron chi connectivity index (χ0n) is 21.4. The maximum atomic E-state index is 2.65. The molecule has 1 aromatic heterocycles. The first-order valence-electron chi connectivity index (χ1n) is 14.8. The van der Waals surface area contributed by atoms with E-state index in [4.69, 9.17) is 0 Å². The highest BCUT2D eigenvalue weighted by Crippen LogP contribution is 2.52. The fraction of sp³-hybridized carbons (Fsp3) is 0.774. The van der Waals surface area contributed by atoms with Gasteiger partial charge < -0.3 is 0 Å². The Morgan fingerprint density at radius 1 is 0.697 bits per heavy atom. The van der Waals surface area contributed by atoms with Crippen LogP contribution in [0.25, 0.3) is 11.0 Å². The molecular weight excluding hydrogens is 400 g/mol. The first kappa shape index (κ1) is 22.2. The van der Waals surface area contributed by atoms with Crippen molar-refractivity contribution in [1.29, 1.82) is 0 Å². The molecule has 0 N–H and O–H groups in total. The van der Waals surface area contributed by atoms with Gasteiger partial charge in [-0.3, -0.25) is 0 Å². The van der Waals surface area contributed by atoms with Crippen LogP contribution >= 0.6 is 0 Å². The summed E-state index contributed by atoms with van der Waals surface area (Å²) in [6.45, 7) is 6.91. The molecule has 2 aromatic rings. The van der Waals surface area contributed by atoms with Crippen LogP contribution in [0.4, 0.5) is 0 Å². The number of hydrogen-bond acceptors (Lipinski definition) is 0. The van der Waals surface area contributed by atoms with Crippen LogP contribution in [0.3, 0.4) is 0 Å². The van der Waals surface area contributed by atoms with Gasteiger partial charge in [-0.1, -0.05) is 76.3 Å². The number of aryl methyl sites for hydroxylation is 2. The zero-order valence-corrected chi connectivity index (χ0v) is 21.4. The van der Waals surface area contributed by atoms with Crippen LogP contribution < -0.4 is 4.57 Å². The summed E-state index contributed by atoms with van der Waals surface area (Å²) in [6, 6.07) is 5.30. The SMILES string of the molecule is CCn1c[n+](CC)c2c(C3CCCC4CCCCC43)ccc(C3CCCC4CCCCC43)c21. The van der Waals surface area contributed by atoms with Crippen molar-refractivity contribution < 1.29 is 4.57 Å². The smallest absolute Gasteiger partial charge is 0.230 e. The summed E-state index contributed by atoms with van der Waals surface area (Å²) in [7, 11) is 0. The van der Waals surface area contributed by atoms with Crippen molar-refractivity contribution in [2.24, 2.45) is 23.7 Å². The second-order valence-corrected chi connectivity index (χ2v) is 12.1. The summed E-state index contributed by atoms with van der Waals surface area (Å²) in [5.41, 5.74) is 6.70. The molecule has 6 rings (SSSR count). The van der Waals surface area contributed by atoms with Crippen molar-refractivity contribution in [3.8, 4) is 0 Å². The van der Waals surface area contributed by atoms with Crippen molar-refractivity contribution in [3.63, 3.8) is 0 Å². The number of rotatable bonds is 4. The highest BCUT2D eigenvalue weighted by molar-refractivity contribution is 5.81. The van der Waals surface area contributed by atoms with Crippen LogP contribution in [-0.4, -0.2) is 4.57 Å². The van der Waals surface area contributed by atoms with Gasteiger partial charge in [0.1, 0.15) is 0 Å². The third-order valence-corrected chi connectivity index (χ3v) is 10.7. The molecular formula is C31H47N2+. The Bertz CT molecular complexity index is 891. The van der Waals surface area contributed by atoms with E-state index in [2.05, 4.69) is 41.4 Å². The first-order valence-corrected chi connectivity index (χ1v) is 14.8. The van der Waals surface area contributed by atoms with Crippen molar-refractivity contribution in [2.75, 3.05) is 0 Å². The summed E-state index contributed by atoms with van der Waals surface area (Å²) in [6.07, 6.45) is 23.0. The second kappa shape index (κ2) is 9.38. The van der Waals surface area contributed by atoms with Gasteiger partial charge in [0.15, 0.2) is 11.0 Å². The Labute approximate surface area is 202 Å². The van der Waals surface area contributed by atoms with Gasteiger partial charge in [-0.15, -0.1) is 0 Å². The lowest BCUT2D eigenvalue weighted by atomic mass is 9.62. The lowest BCUT2D eigenvalue weighted by Crippen LogP contribution is -2.34. The molecule has 2 nitrogen and oxygen atoms in total. The van der Waals surface area contributed by atoms with Crippen molar-refractivity contribution in [2.45, 2.75) is 129 Å². The molecule has 4 fully saturated rings. The van der Waals surface area contributed by atoms with Crippen LogP contribution in [-0.2, 0) is 13.1 Å². The molecule has 6 atom stereocenters. The fourth-order valence-electron chi connectivity index (χ4n) is 9.23. The fourth-order valence-corrected chi connectivity index (χ4v) is 9.23. The normalized spacial score (nSPS) is 34.7. The minimum absolute atomic E-state index is 0.792. The molecule has 4 aliphatic rings. The van der Waals surface area contributed by atoms with Gasteiger partial charge in [-0.25, -0.2) is 9.13 Å². The number of benzene rings is 1. The molecule has 1 aromatic carbocycles. The number of aromatic nitrogens is 2. The quantitative estimate of drug-likeness (QED) is 0.418. The maximum Gasteiger partial charge on any atom is 0.244 e. The first-order chi connectivity index (χ1) is 16.3. The Morgan fingerprint density at radius 2 is 1.24 bits per heavy atom.